The van der Waals surface area contributed by atoms with Gasteiger partial charge in [0.15, 0.2) is 5.65 Å². The van der Waals surface area contributed by atoms with Crippen LogP contribution in [0, 0.1) is 0 Å². The van der Waals surface area contributed by atoms with Crippen LogP contribution >= 0.6 is 0 Å². The van der Waals surface area contributed by atoms with Gasteiger partial charge in [0.1, 0.15) is 0 Å². The first-order chi connectivity index (χ1) is 8.28. The SMILES string of the molecule is CCN1CCCC1c1cc2ncc(N)cn2n1. The summed E-state index contributed by atoms with van der Waals surface area (Å²) >= 11 is 0. The van der Waals surface area contributed by atoms with Gasteiger partial charge < -0.3 is 5.73 Å². The van der Waals surface area contributed by atoms with E-state index < -0.39 is 0 Å². The number of likely N-dealkylation sites (tertiary alicyclic amines) is 1. The van der Waals surface area contributed by atoms with Gasteiger partial charge in [0.05, 0.1) is 29.8 Å². The lowest BCUT2D eigenvalue weighted by atomic mass is 10.1. The van der Waals surface area contributed by atoms with Crippen molar-refractivity contribution in [3.8, 4) is 0 Å². The van der Waals surface area contributed by atoms with Gasteiger partial charge in [-0.15, -0.1) is 0 Å². The number of hydrogen-bond acceptors (Lipinski definition) is 4. The van der Waals surface area contributed by atoms with Crippen molar-refractivity contribution in [3.63, 3.8) is 0 Å². The first-order valence-electron chi connectivity index (χ1n) is 6.13. The molecule has 17 heavy (non-hydrogen) atoms. The molecule has 1 fully saturated rings. The monoisotopic (exact) mass is 231 g/mol. The van der Waals surface area contributed by atoms with Crippen LogP contribution in [-0.4, -0.2) is 32.6 Å². The second kappa shape index (κ2) is 4.00. The molecule has 3 rings (SSSR count). The largest absolute Gasteiger partial charge is 0.396 e. The van der Waals surface area contributed by atoms with Crippen molar-refractivity contribution in [2.45, 2.75) is 25.8 Å². The molecule has 0 amide bonds. The van der Waals surface area contributed by atoms with Gasteiger partial charge in [0.25, 0.3) is 0 Å². The first-order valence-corrected chi connectivity index (χ1v) is 6.13. The molecule has 5 nitrogen and oxygen atoms in total. The van der Waals surface area contributed by atoms with Crippen molar-refractivity contribution in [3.05, 3.63) is 24.2 Å². The van der Waals surface area contributed by atoms with Crippen molar-refractivity contribution in [1.29, 1.82) is 0 Å². The summed E-state index contributed by atoms with van der Waals surface area (Å²) in [5.74, 6) is 0. The van der Waals surface area contributed by atoms with Crippen molar-refractivity contribution < 1.29 is 0 Å². The van der Waals surface area contributed by atoms with Crippen LogP contribution in [0.15, 0.2) is 18.5 Å². The fourth-order valence-electron chi connectivity index (χ4n) is 2.61. The zero-order valence-electron chi connectivity index (χ0n) is 10.0. The molecule has 2 N–H and O–H groups in total. The number of nitrogens with zero attached hydrogens (tertiary/aromatic N) is 4. The predicted octanol–water partition coefficient (Wildman–Crippen LogP) is 1.47. The van der Waals surface area contributed by atoms with E-state index in [4.69, 9.17) is 5.73 Å². The summed E-state index contributed by atoms with van der Waals surface area (Å²) in [7, 11) is 0. The van der Waals surface area contributed by atoms with Crippen LogP contribution in [0.4, 0.5) is 5.69 Å². The summed E-state index contributed by atoms with van der Waals surface area (Å²) in [6.07, 6.45) is 5.93. The van der Waals surface area contributed by atoms with Crippen LogP contribution in [0.5, 0.6) is 0 Å². The highest BCUT2D eigenvalue weighted by Crippen LogP contribution is 2.30. The molecule has 1 aliphatic heterocycles. The number of aromatic nitrogens is 3. The molecule has 0 aliphatic carbocycles. The predicted molar refractivity (Wildman–Crippen MR) is 66.6 cm³/mol. The minimum atomic E-state index is 0.447. The summed E-state index contributed by atoms with van der Waals surface area (Å²) in [6.45, 7) is 4.45. The summed E-state index contributed by atoms with van der Waals surface area (Å²) in [5, 5.41) is 4.59. The minimum Gasteiger partial charge on any atom is -0.396 e. The zero-order valence-corrected chi connectivity index (χ0v) is 10.0. The van der Waals surface area contributed by atoms with Gasteiger partial charge in [-0.25, -0.2) is 9.50 Å². The average Bonchev–Trinajstić information content (AvgIpc) is 2.93. The molecule has 1 saturated heterocycles. The second-order valence-electron chi connectivity index (χ2n) is 4.55. The Labute approximate surface area is 100 Å². The molecule has 0 saturated carbocycles. The molecule has 0 spiro atoms. The Morgan fingerprint density at radius 2 is 2.41 bits per heavy atom. The molecule has 1 aliphatic rings. The van der Waals surface area contributed by atoms with Crippen LogP contribution in [0.3, 0.4) is 0 Å². The molecule has 1 atom stereocenters. The summed E-state index contributed by atoms with van der Waals surface area (Å²) in [4.78, 5) is 6.74. The van der Waals surface area contributed by atoms with Gasteiger partial charge in [0, 0.05) is 6.07 Å². The number of rotatable bonds is 2. The Bertz CT molecular complexity index is 533. The van der Waals surface area contributed by atoms with Crippen LogP contribution in [0.1, 0.15) is 31.5 Å². The number of nitrogens with two attached hydrogens (primary N) is 1. The second-order valence-corrected chi connectivity index (χ2v) is 4.55. The maximum Gasteiger partial charge on any atom is 0.155 e. The van der Waals surface area contributed by atoms with E-state index in [-0.39, 0.29) is 0 Å². The molecule has 1 unspecified atom stereocenters. The van der Waals surface area contributed by atoms with E-state index in [1.54, 1.807) is 10.7 Å². The van der Waals surface area contributed by atoms with Gasteiger partial charge in [-0.1, -0.05) is 6.92 Å². The van der Waals surface area contributed by atoms with Crippen molar-refractivity contribution in [1.82, 2.24) is 19.5 Å². The Balaban J connectivity index is 2.00. The van der Waals surface area contributed by atoms with Crippen molar-refractivity contribution in [2.75, 3.05) is 18.8 Å². The molecule has 2 aromatic heterocycles. The van der Waals surface area contributed by atoms with Gasteiger partial charge in [0.2, 0.25) is 0 Å². The first kappa shape index (κ1) is 10.5. The molecule has 0 radical (unpaired) electrons. The van der Waals surface area contributed by atoms with Crippen molar-refractivity contribution in [2.24, 2.45) is 0 Å². The normalized spacial score (nSPS) is 21.4. The Kier molecular flexibility index (Phi) is 2.48. The van der Waals surface area contributed by atoms with Crippen molar-refractivity contribution >= 4 is 11.3 Å². The van der Waals surface area contributed by atoms with Crippen LogP contribution < -0.4 is 5.73 Å². The topological polar surface area (TPSA) is 59.5 Å². The zero-order chi connectivity index (χ0) is 11.8. The molecular formula is C12H17N5. The van der Waals surface area contributed by atoms with E-state index in [1.807, 2.05) is 6.20 Å². The average molecular weight is 231 g/mol. The van der Waals surface area contributed by atoms with E-state index in [9.17, 15) is 0 Å². The van der Waals surface area contributed by atoms with E-state index in [2.05, 4.69) is 28.0 Å². The lowest BCUT2D eigenvalue weighted by Gasteiger charge is -2.20. The summed E-state index contributed by atoms with van der Waals surface area (Å²) in [5.41, 5.74) is 8.34. The van der Waals surface area contributed by atoms with Gasteiger partial charge >= 0.3 is 0 Å². The highest BCUT2D eigenvalue weighted by atomic mass is 15.3. The summed E-state index contributed by atoms with van der Waals surface area (Å²) < 4.78 is 1.77. The third-order valence-electron chi connectivity index (χ3n) is 3.46. The molecule has 0 aromatic carbocycles. The molecule has 5 heteroatoms. The van der Waals surface area contributed by atoms with E-state index >= 15 is 0 Å². The van der Waals surface area contributed by atoms with E-state index in [1.165, 1.54) is 19.4 Å². The number of nitrogen functional groups attached to an aromatic ring is 1. The minimum absolute atomic E-state index is 0.447. The van der Waals surface area contributed by atoms with Gasteiger partial charge in [-0.3, -0.25) is 4.90 Å². The highest BCUT2D eigenvalue weighted by Gasteiger charge is 2.26. The smallest absolute Gasteiger partial charge is 0.155 e. The highest BCUT2D eigenvalue weighted by molar-refractivity contribution is 5.45. The number of hydrogen-bond donors (Lipinski definition) is 1. The fraction of sp³-hybridized carbons (Fsp3) is 0.500. The van der Waals surface area contributed by atoms with Gasteiger partial charge in [-0.05, 0) is 25.9 Å². The third kappa shape index (κ3) is 1.76. The molecular weight excluding hydrogens is 214 g/mol. The number of anilines is 1. The lowest BCUT2D eigenvalue weighted by Crippen LogP contribution is -2.22. The Morgan fingerprint density at radius 3 is 3.24 bits per heavy atom. The standard InChI is InChI=1S/C12H17N5/c1-2-16-5-3-4-11(16)10-6-12-14-7-9(13)8-17(12)15-10/h6-8,11H,2-5,13H2,1H3. The lowest BCUT2D eigenvalue weighted by molar-refractivity contribution is 0.266. The maximum absolute atomic E-state index is 5.71. The molecule has 3 heterocycles. The fourth-order valence-corrected chi connectivity index (χ4v) is 2.61. The van der Waals surface area contributed by atoms with E-state index in [0.29, 0.717) is 11.7 Å². The summed E-state index contributed by atoms with van der Waals surface area (Å²) in [6, 6.07) is 2.51. The molecule has 90 valence electrons. The molecule has 0 bridgehead atoms. The maximum atomic E-state index is 5.71. The van der Waals surface area contributed by atoms with E-state index in [0.717, 1.165) is 17.9 Å². The quantitative estimate of drug-likeness (QED) is 0.850. The molecule has 2 aromatic rings. The Hall–Kier alpha value is -1.62. The van der Waals surface area contributed by atoms with Crippen LogP contribution in [0.25, 0.3) is 5.65 Å². The van der Waals surface area contributed by atoms with Gasteiger partial charge in [-0.2, -0.15) is 5.10 Å². The number of fused-ring (bicyclic) bond motifs is 1. The van der Waals surface area contributed by atoms with Crippen LogP contribution in [0.2, 0.25) is 0 Å². The third-order valence-corrected chi connectivity index (χ3v) is 3.46. The Morgan fingerprint density at radius 1 is 1.53 bits per heavy atom. The van der Waals surface area contributed by atoms with Crippen LogP contribution in [-0.2, 0) is 0 Å².